The second kappa shape index (κ2) is 4.46. The SMILES string of the molecule is O=[N+]([O-])c1c(C(F)(F)F)nn(-c2ccncn2)c1Cl. The predicted molar refractivity (Wildman–Crippen MR) is 55.8 cm³/mol. The molecular formula is C8H3ClF3N5O2. The van der Waals surface area contributed by atoms with Crippen LogP contribution >= 0.6 is 11.6 Å². The van der Waals surface area contributed by atoms with E-state index in [4.69, 9.17) is 11.6 Å². The molecule has 0 spiro atoms. The first-order valence-corrected chi connectivity index (χ1v) is 4.96. The maximum absolute atomic E-state index is 12.6. The third-order valence-corrected chi connectivity index (χ3v) is 2.38. The Morgan fingerprint density at radius 1 is 1.42 bits per heavy atom. The highest BCUT2D eigenvalue weighted by atomic mass is 35.5. The van der Waals surface area contributed by atoms with E-state index in [2.05, 4.69) is 15.1 Å². The summed E-state index contributed by atoms with van der Waals surface area (Å²) in [5, 5.41) is 13.0. The van der Waals surface area contributed by atoms with Gasteiger partial charge in [0.1, 0.15) is 6.33 Å². The Morgan fingerprint density at radius 2 is 2.11 bits per heavy atom. The van der Waals surface area contributed by atoms with Crippen LogP contribution in [0.15, 0.2) is 18.6 Å². The fourth-order valence-corrected chi connectivity index (χ4v) is 1.59. The minimum atomic E-state index is -5.00. The molecule has 0 aliphatic heterocycles. The molecular weight excluding hydrogens is 291 g/mol. The quantitative estimate of drug-likeness (QED) is 0.626. The number of aromatic nitrogens is 4. The highest BCUT2D eigenvalue weighted by molar-refractivity contribution is 6.32. The van der Waals surface area contributed by atoms with Crippen molar-refractivity contribution in [2.75, 3.05) is 0 Å². The van der Waals surface area contributed by atoms with Gasteiger partial charge in [-0.1, -0.05) is 11.6 Å². The molecule has 19 heavy (non-hydrogen) atoms. The van der Waals surface area contributed by atoms with Gasteiger partial charge in [0.15, 0.2) is 5.82 Å². The van der Waals surface area contributed by atoms with E-state index in [0.29, 0.717) is 4.68 Å². The third-order valence-electron chi connectivity index (χ3n) is 2.04. The zero-order valence-electron chi connectivity index (χ0n) is 8.80. The summed E-state index contributed by atoms with van der Waals surface area (Å²) in [5.41, 5.74) is -2.99. The molecule has 0 aliphatic rings. The second-order valence-corrected chi connectivity index (χ2v) is 3.58. The molecule has 0 amide bonds. The van der Waals surface area contributed by atoms with Gasteiger partial charge in [-0.05, 0) is 0 Å². The van der Waals surface area contributed by atoms with E-state index in [1.54, 1.807) is 0 Å². The second-order valence-electron chi connectivity index (χ2n) is 3.22. The molecule has 0 bridgehead atoms. The van der Waals surface area contributed by atoms with E-state index in [0.717, 1.165) is 6.33 Å². The largest absolute Gasteiger partial charge is 0.442 e. The van der Waals surface area contributed by atoms with Gasteiger partial charge in [0.05, 0.1) is 4.92 Å². The van der Waals surface area contributed by atoms with Gasteiger partial charge in [-0.15, -0.1) is 0 Å². The van der Waals surface area contributed by atoms with Crippen molar-refractivity contribution in [3.8, 4) is 5.82 Å². The van der Waals surface area contributed by atoms with Gasteiger partial charge in [-0.25, -0.2) is 9.97 Å². The predicted octanol–water partition coefficient (Wildman–Crippen LogP) is 2.24. The zero-order chi connectivity index (χ0) is 14.2. The van der Waals surface area contributed by atoms with Crippen molar-refractivity contribution in [1.29, 1.82) is 0 Å². The Kier molecular flexibility index (Phi) is 3.10. The maximum Gasteiger partial charge on any atom is 0.442 e. The van der Waals surface area contributed by atoms with Gasteiger partial charge < -0.3 is 0 Å². The summed E-state index contributed by atoms with van der Waals surface area (Å²) in [7, 11) is 0. The van der Waals surface area contributed by atoms with E-state index < -0.39 is 27.6 Å². The topological polar surface area (TPSA) is 86.7 Å². The molecule has 2 heterocycles. The molecule has 7 nitrogen and oxygen atoms in total. The summed E-state index contributed by atoms with van der Waals surface area (Å²) < 4.78 is 38.5. The summed E-state index contributed by atoms with van der Waals surface area (Å²) in [6.45, 7) is 0. The zero-order valence-corrected chi connectivity index (χ0v) is 9.55. The van der Waals surface area contributed by atoms with E-state index in [1.165, 1.54) is 12.3 Å². The highest BCUT2D eigenvalue weighted by Gasteiger charge is 2.45. The van der Waals surface area contributed by atoms with Crippen LogP contribution < -0.4 is 0 Å². The van der Waals surface area contributed by atoms with Crippen molar-refractivity contribution in [2.24, 2.45) is 0 Å². The first kappa shape index (κ1) is 13.2. The van der Waals surface area contributed by atoms with Gasteiger partial charge >= 0.3 is 11.9 Å². The number of nitro groups is 1. The Bertz CT molecular complexity index is 627. The molecule has 0 aromatic carbocycles. The number of halogens is 4. The molecule has 2 aromatic heterocycles. The molecule has 0 saturated heterocycles. The molecule has 0 N–H and O–H groups in total. The van der Waals surface area contributed by atoms with Crippen molar-refractivity contribution in [1.82, 2.24) is 19.7 Å². The lowest BCUT2D eigenvalue weighted by atomic mass is 10.4. The smallest absolute Gasteiger partial charge is 0.258 e. The van der Waals surface area contributed by atoms with Gasteiger partial charge in [-0.3, -0.25) is 10.1 Å². The van der Waals surface area contributed by atoms with Gasteiger partial charge in [0.2, 0.25) is 10.8 Å². The van der Waals surface area contributed by atoms with E-state index in [-0.39, 0.29) is 5.82 Å². The van der Waals surface area contributed by atoms with E-state index in [1.807, 2.05) is 0 Å². The van der Waals surface area contributed by atoms with Crippen molar-refractivity contribution in [3.05, 3.63) is 39.6 Å². The van der Waals surface area contributed by atoms with Crippen molar-refractivity contribution in [2.45, 2.75) is 6.18 Å². The lowest BCUT2D eigenvalue weighted by Crippen LogP contribution is -2.09. The van der Waals surface area contributed by atoms with Crippen molar-refractivity contribution < 1.29 is 18.1 Å². The van der Waals surface area contributed by atoms with Crippen LogP contribution in [0.25, 0.3) is 5.82 Å². The Hall–Kier alpha value is -2.23. The van der Waals surface area contributed by atoms with Crippen LogP contribution in [0.2, 0.25) is 5.15 Å². The average molecular weight is 294 g/mol. The average Bonchev–Trinajstić information content (AvgIpc) is 2.68. The van der Waals surface area contributed by atoms with E-state index >= 15 is 0 Å². The number of nitrogens with zero attached hydrogens (tertiary/aromatic N) is 5. The summed E-state index contributed by atoms with van der Waals surface area (Å²) in [6.07, 6.45) is -2.71. The molecule has 0 unspecified atom stereocenters. The summed E-state index contributed by atoms with van der Waals surface area (Å²) in [5.74, 6) is -0.112. The van der Waals surface area contributed by atoms with Crippen LogP contribution in [-0.4, -0.2) is 24.7 Å². The van der Waals surface area contributed by atoms with Crippen LogP contribution in [0.3, 0.4) is 0 Å². The molecule has 0 radical (unpaired) electrons. The van der Waals surface area contributed by atoms with E-state index in [9.17, 15) is 23.3 Å². The number of alkyl halides is 3. The Balaban J connectivity index is 2.70. The number of hydrogen-bond donors (Lipinski definition) is 0. The standard InChI is InChI=1S/C8H3ClF3N5O2/c9-7-5(17(18)19)6(8(10,11)12)15-16(7)4-1-2-13-3-14-4/h1-3H. The fourth-order valence-electron chi connectivity index (χ4n) is 1.30. The molecule has 0 aliphatic carbocycles. The molecule has 11 heteroatoms. The molecule has 2 aromatic rings. The van der Waals surface area contributed by atoms with Crippen LogP contribution in [0, 0.1) is 10.1 Å². The van der Waals surface area contributed by atoms with Crippen LogP contribution in [0.1, 0.15) is 5.69 Å². The van der Waals surface area contributed by atoms with Crippen molar-refractivity contribution >= 4 is 17.3 Å². The third kappa shape index (κ3) is 2.34. The lowest BCUT2D eigenvalue weighted by molar-refractivity contribution is -0.388. The summed E-state index contributed by atoms with van der Waals surface area (Å²) in [4.78, 5) is 16.6. The first-order chi connectivity index (χ1) is 8.82. The summed E-state index contributed by atoms with van der Waals surface area (Å²) >= 11 is 5.56. The van der Waals surface area contributed by atoms with Crippen molar-refractivity contribution in [3.63, 3.8) is 0 Å². The minimum Gasteiger partial charge on any atom is -0.258 e. The molecule has 0 saturated carbocycles. The lowest BCUT2D eigenvalue weighted by Gasteiger charge is -2.00. The maximum atomic E-state index is 12.6. The van der Waals surface area contributed by atoms with Gasteiger partial charge in [0, 0.05) is 12.3 Å². The molecule has 100 valence electrons. The number of hydrogen-bond acceptors (Lipinski definition) is 5. The monoisotopic (exact) mass is 293 g/mol. The van der Waals surface area contributed by atoms with Crippen LogP contribution in [0.4, 0.5) is 18.9 Å². The van der Waals surface area contributed by atoms with Gasteiger partial charge in [-0.2, -0.15) is 23.0 Å². The van der Waals surface area contributed by atoms with Crippen LogP contribution in [0.5, 0.6) is 0 Å². The molecule has 2 rings (SSSR count). The minimum absolute atomic E-state index is 0.112. The normalized spacial score (nSPS) is 11.6. The summed E-state index contributed by atoms with van der Waals surface area (Å²) in [6, 6.07) is 1.21. The molecule has 0 atom stereocenters. The Labute approximate surface area is 107 Å². The molecule has 0 fully saturated rings. The number of rotatable bonds is 2. The first-order valence-electron chi connectivity index (χ1n) is 4.59. The fraction of sp³-hybridized carbons (Fsp3) is 0.125. The van der Waals surface area contributed by atoms with Crippen LogP contribution in [-0.2, 0) is 6.18 Å². The Morgan fingerprint density at radius 3 is 2.53 bits per heavy atom. The van der Waals surface area contributed by atoms with Gasteiger partial charge in [0.25, 0.3) is 0 Å². The highest BCUT2D eigenvalue weighted by Crippen LogP contribution is 2.39.